The number of hydrogen-bond donors (Lipinski definition) is 2. The molecular formula is C28H37FN4O2. The molecule has 5 rings (SSSR count). The lowest BCUT2D eigenvalue weighted by Gasteiger charge is -2.31. The van der Waals surface area contributed by atoms with E-state index in [-0.39, 0.29) is 5.92 Å². The number of rotatable bonds is 10. The highest BCUT2D eigenvalue weighted by molar-refractivity contribution is 5.76. The molecule has 1 saturated carbocycles. The molecule has 0 amide bonds. The molecule has 0 aromatic carbocycles. The van der Waals surface area contributed by atoms with Crippen LogP contribution in [0.1, 0.15) is 85.8 Å². The molecule has 0 bridgehead atoms. The van der Waals surface area contributed by atoms with E-state index in [4.69, 9.17) is 4.98 Å². The number of nitrogens with one attached hydrogen (secondary N) is 1. The van der Waals surface area contributed by atoms with Gasteiger partial charge in [0, 0.05) is 48.1 Å². The molecule has 0 radical (unpaired) electrons. The summed E-state index contributed by atoms with van der Waals surface area (Å²) in [6, 6.07) is 7.28. The molecule has 6 nitrogen and oxygen atoms in total. The van der Waals surface area contributed by atoms with Gasteiger partial charge >= 0.3 is 5.97 Å². The third-order valence-corrected chi connectivity index (χ3v) is 8.14. The number of carboxylic acids is 1. The van der Waals surface area contributed by atoms with E-state index in [1.807, 2.05) is 17.0 Å². The zero-order chi connectivity index (χ0) is 24.2. The lowest BCUT2D eigenvalue weighted by Crippen LogP contribution is -2.34. The van der Waals surface area contributed by atoms with Crippen LogP contribution in [-0.4, -0.2) is 51.7 Å². The lowest BCUT2D eigenvalue weighted by molar-refractivity contribution is -0.143. The molecule has 1 saturated heterocycles. The van der Waals surface area contributed by atoms with Crippen molar-refractivity contribution in [3.05, 3.63) is 53.0 Å². The number of halogens is 1. The van der Waals surface area contributed by atoms with Gasteiger partial charge in [-0.25, -0.2) is 9.37 Å². The number of aliphatic carboxylic acids is 1. The molecule has 7 heteroatoms. The number of unbranched alkanes of at least 4 members (excludes halogenated alkanes) is 1. The number of carbonyl (C=O) groups is 1. The Balaban J connectivity index is 1.13. The predicted molar refractivity (Wildman–Crippen MR) is 134 cm³/mol. The van der Waals surface area contributed by atoms with Crippen molar-refractivity contribution in [1.29, 1.82) is 0 Å². The molecule has 188 valence electrons. The molecule has 2 aromatic rings. The fourth-order valence-electron chi connectivity index (χ4n) is 5.90. The molecule has 3 atom stereocenters. The number of alkyl halides is 1. The van der Waals surface area contributed by atoms with E-state index in [9.17, 15) is 9.90 Å². The molecular weight excluding hydrogens is 443 g/mol. The third-order valence-electron chi connectivity index (χ3n) is 8.14. The quantitative estimate of drug-likeness (QED) is 0.449. The second-order valence-corrected chi connectivity index (χ2v) is 10.5. The lowest BCUT2D eigenvalue weighted by atomic mass is 9.80. The van der Waals surface area contributed by atoms with Crippen LogP contribution in [0.5, 0.6) is 0 Å². The van der Waals surface area contributed by atoms with Crippen molar-refractivity contribution in [1.82, 2.24) is 14.9 Å². The van der Waals surface area contributed by atoms with Crippen LogP contribution in [0.2, 0.25) is 0 Å². The first-order valence-electron chi connectivity index (χ1n) is 13.4. The first kappa shape index (κ1) is 24.2. The summed E-state index contributed by atoms with van der Waals surface area (Å²) in [5.74, 6) is 0.416. The van der Waals surface area contributed by atoms with Gasteiger partial charge in [0.15, 0.2) is 0 Å². The Labute approximate surface area is 207 Å². The maximum absolute atomic E-state index is 15.2. The number of hydrogen-bond acceptors (Lipinski definition) is 5. The van der Waals surface area contributed by atoms with Gasteiger partial charge in [0.25, 0.3) is 0 Å². The highest BCUT2D eigenvalue weighted by Gasteiger charge is 2.39. The summed E-state index contributed by atoms with van der Waals surface area (Å²) in [7, 11) is 0. The molecule has 3 aliphatic rings. The summed E-state index contributed by atoms with van der Waals surface area (Å²) < 4.78 is 15.2. The van der Waals surface area contributed by atoms with E-state index < -0.39 is 18.2 Å². The van der Waals surface area contributed by atoms with Crippen molar-refractivity contribution in [2.45, 2.75) is 82.3 Å². The van der Waals surface area contributed by atoms with Gasteiger partial charge < -0.3 is 10.4 Å². The van der Waals surface area contributed by atoms with Crippen molar-refractivity contribution in [3.8, 4) is 0 Å². The van der Waals surface area contributed by atoms with Crippen molar-refractivity contribution < 1.29 is 14.3 Å². The number of aromatic nitrogens is 2. The summed E-state index contributed by atoms with van der Waals surface area (Å²) >= 11 is 0. The zero-order valence-electron chi connectivity index (χ0n) is 20.5. The van der Waals surface area contributed by atoms with E-state index in [1.54, 1.807) is 6.20 Å². The largest absolute Gasteiger partial charge is 0.480 e. The zero-order valence-corrected chi connectivity index (χ0v) is 20.5. The fraction of sp³-hybridized carbons (Fsp3) is 0.607. The van der Waals surface area contributed by atoms with E-state index in [0.29, 0.717) is 31.8 Å². The second kappa shape index (κ2) is 11.0. The SMILES string of the molecule is O=C(O)[C@@H](c1cccnc1C1CCC1)N1CC[C@@H](C(F)CCCCc2ccc3c(n2)NCCC3)C1. The van der Waals surface area contributed by atoms with Crippen LogP contribution in [-0.2, 0) is 17.6 Å². The monoisotopic (exact) mass is 480 g/mol. The highest BCUT2D eigenvalue weighted by Crippen LogP contribution is 2.40. The van der Waals surface area contributed by atoms with Crippen LogP contribution >= 0.6 is 0 Å². The molecule has 2 aromatic heterocycles. The number of nitrogens with zero attached hydrogens (tertiary/aromatic N) is 3. The fourth-order valence-corrected chi connectivity index (χ4v) is 5.90. The molecule has 1 unspecified atom stereocenters. The molecule has 2 aliphatic heterocycles. The van der Waals surface area contributed by atoms with Crippen LogP contribution in [0.3, 0.4) is 0 Å². The molecule has 0 spiro atoms. The topological polar surface area (TPSA) is 78.3 Å². The van der Waals surface area contributed by atoms with Gasteiger partial charge in [0.05, 0.1) is 0 Å². The summed E-state index contributed by atoms with van der Waals surface area (Å²) in [6.07, 6.45) is 10.3. The molecule has 2 N–H and O–H groups in total. The van der Waals surface area contributed by atoms with E-state index in [0.717, 1.165) is 74.3 Å². The van der Waals surface area contributed by atoms with Gasteiger partial charge in [-0.1, -0.05) is 25.0 Å². The van der Waals surface area contributed by atoms with E-state index in [2.05, 4.69) is 22.4 Å². The Hall–Kier alpha value is -2.54. The Morgan fingerprint density at radius 1 is 1.20 bits per heavy atom. The first-order chi connectivity index (χ1) is 17.1. The van der Waals surface area contributed by atoms with E-state index in [1.165, 1.54) is 12.0 Å². The maximum atomic E-state index is 15.2. The van der Waals surface area contributed by atoms with Gasteiger partial charge in [-0.05, 0) is 75.6 Å². The number of aryl methyl sites for hydroxylation is 2. The average Bonchev–Trinajstić information content (AvgIpc) is 3.31. The molecule has 1 aliphatic carbocycles. The van der Waals surface area contributed by atoms with Crippen molar-refractivity contribution in [3.63, 3.8) is 0 Å². The summed E-state index contributed by atoms with van der Waals surface area (Å²) in [5.41, 5.74) is 4.09. The van der Waals surface area contributed by atoms with Crippen LogP contribution in [0.25, 0.3) is 0 Å². The minimum absolute atomic E-state index is 0.105. The Morgan fingerprint density at radius 3 is 2.89 bits per heavy atom. The Kier molecular flexibility index (Phi) is 7.61. The van der Waals surface area contributed by atoms with Gasteiger partial charge in [-0.3, -0.25) is 14.7 Å². The first-order valence-corrected chi connectivity index (χ1v) is 13.4. The van der Waals surface area contributed by atoms with Crippen molar-refractivity contribution >= 4 is 11.8 Å². The summed E-state index contributed by atoms with van der Waals surface area (Å²) in [4.78, 5) is 23.6. The Morgan fingerprint density at radius 2 is 2.09 bits per heavy atom. The highest BCUT2D eigenvalue weighted by atomic mass is 19.1. The normalized spacial score (nSPS) is 22.1. The van der Waals surface area contributed by atoms with Crippen molar-refractivity contribution in [2.75, 3.05) is 25.0 Å². The number of carboxylic acid groups (broad SMARTS) is 1. The second-order valence-electron chi connectivity index (χ2n) is 10.5. The minimum atomic E-state index is -0.896. The van der Waals surface area contributed by atoms with Gasteiger partial charge in [0.2, 0.25) is 0 Å². The van der Waals surface area contributed by atoms with Crippen molar-refractivity contribution in [2.24, 2.45) is 5.92 Å². The number of fused-ring (bicyclic) bond motifs is 1. The number of pyridine rings is 2. The third kappa shape index (κ3) is 5.50. The molecule has 4 heterocycles. The van der Waals surface area contributed by atoms with Crippen LogP contribution in [0, 0.1) is 5.92 Å². The molecule has 2 fully saturated rings. The van der Waals surface area contributed by atoms with Crippen LogP contribution in [0.4, 0.5) is 10.2 Å². The maximum Gasteiger partial charge on any atom is 0.325 e. The molecule has 35 heavy (non-hydrogen) atoms. The smallest absolute Gasteiger partial charge is 0.325 e. The standard InChI is InChI=1S/C28H37FN4O2/c29-24(11-2-1-9-22-13-12-20-8-4-16-31-27(20)32-22)21-14-17-33(18-21)26(28(34)35)23-10-5-15-30-25(23)19-6-3-7-19/h5,10,12-13,15,19,21,24,26H,1-4,6-9,11,14,16-18H2,(H,31,32)(H,34,35)/t21-,24?,26-/m1/s1. The van der Waals surface area contributed by atoms with Gasteiger partial charge in [0.1, 0.15) is 18.0 Å². The summed E-state index contributed by atoms with van der Waals surface area (Å²) in [5, 5.41) is 13.5. The number of likely N-dealkylation sites (tertiary alicyclic amines) is 1. The van der Waals surface area contributed by atoms with Crippen LogP contribution in [0.15, 0.2) is 30.5 Å². The van der Waals surface area contributed by atoms with Gasteiger partial charge in [-0.2, -0.15) is 0 Å². The summed E-state index contributed by atoms with van der Waals surface area (Å²) in [6.45, 7) is 2.10. The van der Waals surface area contributed by atoms with Crippen LogP contribution < -0.4 is 5.32 Å². The predicted octanol–water partition coefficient (Wildman–Crippen LogP) is 5.30. The van der Waals surface area contributed by atoms with Gasteiger partial charge in [-0.15, -0.1) is 0 Å². The van der Waals surface area contributed by atoms with E-state index >= 15 is 4.39 Å². The average molecular weight is 481 g/mol. The Bertz CT molecular complexity index is 1030. The number of anilines is 1. The minimum Gasteiger partial charge on any atom is -0.480 e.